The summed E-state index contributed by atoms with van der Waals surface area (Å²) < 4.78 is 8.93. The zero-order valence-electron chi connectivity index (χ0n) is 13.1. The lowest BCUT2D eigenvalue weighted by Gasteiger charge is -2.04. The summed E-state index contributed by atoms with van der Waals surface area (Å²) in [6.07, 6.45) is 5.08. The average molecular weight is 320 g/mol. The summed E-state index contributed by atoms with van der Waals surface area (Å²) in [6, 6.07) is 13.6. The molecule has 0 radical (unpaired) electrons. The van der Waals surface area contributed by atoms with Crippen LogP contribution in [-0.2, 0) is 13.6 Å². The van der Waals surface area contributed by atoms with E-state index < -0.39 is 0 Å². The fourth-order valence-corrected chi connectivity index (χ4v) is 2.75. The number of aromatic nitrogens is 3. The largest absolute Gasteiger partial charge is 0.463 e. The number of anilines is 1. The van der Waals surface area contributed by atoms with Gasteiger partial charge in [0.05, 0.1) is 30.2 Å². The van der Waals surface area contributed by atoms with Crippen LogP contribution in [0.15, 0.2) is 65.5 Å². The van der Waals surface area contributed by atoms with Crippen molar-refractivity contribution in [3.63, 3.8) is 0 Å². The lowest BCUT2D eigenvalue weighted by molar-refractivity contribution is 0.101. The lowest BCUT2D eigenvalue weighted by Crippen LogP contribution is -2.15. The minimum Gasteiger partial charge on any atom is -0.463 e. The van der Waals surface area contributed by atoms with Crippen molar-refractivity contribution in [1.29, 1.82) is 0 Å². The standard InChI is InChI=1S/C18H16N4O2/c1-21-15-7-8-24-17(15)9-16(21)18(23)20-14-10-19-22(12-14)11-13-5-3-2-4-6-13/h2-10,12H,11H2,1H3,(H,20,23). The van der Waals surface area contributed by atoms with Gasteiger partial charge in [0.15, 0.2) is 5.58 Å². The Morgan fingerprint density at radius 1 is 1.25 bits per heavy atom. The monoisotopic (exact) mass is 320 g/mol. The quantitative estimate of drug-likeness (QED) is 0.627. The van der Waals surface area contributed by atoms with E-state index in [9.17, 15) is 4.79 Å². The van der Waals surface area contributed by atoms with Crippen LogP contribution in [0.3, 0.4) is 0 Å². The minimum atomic E-state index is -0.192. The third kappa shape index (κ3) is 2.58. The number of rotatable bonds is 4. The second kappa shape index (κ2) is 5.73. The summed E-state index contributed by atoms with van der Waals surface area (Å²) >= 11 is 0. The number of amides is 1. The number of carbonyl (C=O) groups excluding carboxylic acids is 1. The van der Waals surface area contributed by atoms with Gasteiger partial charge in [-0.1, -0.05) is 30.3 Å². The Hall–Kier alpha value is -3.28. The number of hydrogen-bond acceptors (Lipinski definition) is 3. The molecule has 0 spiro atoms. The summed E-state index contributed by atoms with van der Waals surface area (Å²) in [6.45, 7) is 0.661. The highest BCUT2D eigenvalue weighted by Gasteiger charge is 2.15. The lowest BCUT2D eigenvalue weighted by atomic mass is 10.2. The van der Waals surface area contributed by atoms with Crippen LogP contribution in [0, 0.1) is 0 Å². The molecule has 24 heavy (non-hydrogen) atoms. The van der Waals surface area contributed by atoms with E-state index in [4.69, 9.17) is 4.42 Å². The van der Waals surface area contributed by atoms with Gasteiger partial charge in [-0.25, -0.2) is 0 Å². The Balaban J connectivity index is 1.50. The second-order valence-electron chi connectivity index (χ2n) is 5.62. The molecule has 0 aliphatic rings. The van der Waals surface area contributed by atoms with E-state index in [1.165, 1.54) is 0 Å². The predicted molar refractivity (Wildman–Crippen MR) is 90.9 cm³/mol. The third-order valence-electron chi connectivity index (χ3n) is 3.98. The van der Waals surface area contributed by atoms with E-state index in [1.54, 1.807) is 23.2 Å². The van der Waals surface area contributed by atoms with Crippen molar-refractivity contribution in [2.75, 3.05) is 5.32 Å². The summed E-state index contributed by atoms with van der Waals surface area (Å²) in [7, 11) is 1.84. The van der Waals surface area contributed by atoms with Gasteiger partial charge in [-0.3, -0.25) is 9.48 Å². The van der Waals surface area contributed by atoms with Gasteiger partial charge in [-0.05, 0) is 5.56 Å². The van der Waals surface area contributed by atoms with Gasteiger partial charge in [0.1, 0.15) is 5.69 Å². The molecular weight excluding hydrogens is 304 g/mol. The van der Waals surface area contributed by atoms with Gasteiger partial charge in [0.25, 0.3) is 5.91 Å². The number of benzene rings is 1. The Kier molecular flexibility index (Phi) is 3.42. The maximum Gasteiger partial charge on any atom is 0.272 e. The molecule has 4 aromatic rings. The Morgan fingerprint density at radius 2 is 2.08 bits per heavy atom. The topological polar surface area (TPSA) is 65.0 Å². The third-order valence-corrected chi connectivity index (χ3v) is 3.98. The maximum atomic E-state index is 12.5. The Morgan fingerprint density at radius 3 is 2.88 bits per heavy atom. The molecule has 6 nitrogen and oxygen atoms in total. The smallest absolute Gasteiger partial charge is 0.272 e. The molecule has 0 aliphatic heterocycles. The first kappa shape index (κ1) is 14.3. The van der Waals surface area contributed by atoms with Crippen LogP contribution in [0.25, 0.3) is 11.1 Å². The van der Waals surface area contributed by atoms with E-state index in [-0.39, 0.29) is 5.91 Å². The normalized spacial score (nSPS) is 11.0. The highest BCUT2D eigenvalue weighted by atomic mass is 16.3. The summed E-state index contributed by atoms with van der Waals surface area (Å²) in [5.74, 6) is -0.192. The van der Waals surface area contributed by atoms with E-state index >= 15 is 0 Å². The number of nitrogens with one attached hydrogen (secondary N) is 1. The molecule has 0 saturated heterocycles. The molecule has 1 amide bonds. The SMILES string of the molecule is Cn1c(C(=O)Nc2cnn(Cc3ccccc3)c2)cc2occc21. The molecule has 3 heterocycles. The van der Waals surface area contributed by atoms with Crippen LogP contribution in [-0.4, -0.2) is 20.3 Å². The minimum absolute atomic E-state index is 0.192. The average Bonchev–Trinajstić information content (AvgIpc) is 3.27. The van der Waals surface area contributed by atoms with Crippen LogP contribution >= 0.6 is 0 Å². The van der Waals surface area contributed by atoms with Gasteiger partial charge in [0.2, 0.25) is 0 Å². The molecule has 6 heteroatoms. The molecule has 0 aliphatic carbocycles. The molecule has 1 aromatic carbocycles. The first-order chi connectivity index (χ1) is 11.7. The summed E-state index contributed by atoms with van der Waals surface area (Å²) in [5.41, 5.74) is 3.94. The number of fused-ring (bicyclic) bond motifs is 1. The molecule has 0 unspecified atom stereocenters. The number of nitrogens with zero attached hydrogens (tertiary/aromatic N) is 3. The van der Waals surface area contributed by atoms with Crippen LogP contribution in [0.4, 0.5) is 5.69 Å². The van der Waals surface area contributed by atoms with Gasteiger partial charge in [-0.2, -0.15) is 5.10 Å². The fraction of sp³-hybridized carbons (Fsp3) is 0.111. The van der Waals surface area contributed by atoms with Crippen molar-refractivity contribution in [2.45, 2.75) is 6.54 Å². The maximum absolute atomic E-state index is 12.5. The summed E-state index contributed by atoms with van der Waals surface area (Å²) in [5, 5.41) is 7.16. The molecule has 0 fully saturated rings. The van der Waals surface area contributed by atoms with E-state index in [1.807, 2.05) is 54.2 Å². The second-order valence-corrected chi connectivity index (χ2v) is 5.62. The van der Waals surface area contributed by atoms with Gasteiger partial charge < -0.3 is 14.3 Å². The van der Waals surface area contributed by atoms with Crippen LogP contribution in [0.1, 0.15) is 16.1 Å². The number of aryl methyl sites for hydroxylation is 1. The molecule has 0 atom stereocenters. The van der Waals surface area contributed by atoms with Crippen LogP contribution in [0.5, 0.6) is 0 Å². The molecule has 0 bridgehead atoms. The predicted octanol–water partition coefficient (Wildman–Crippen LogP) is 3.27. The van der Waals surface area contributed by atoms with Crippen molar-refractivity contribution in [1.82, 2.24) is 14.3 Å². The first-order valence-corrected chi connectivity index (χ1v) is 7.61. The zero-order valence-corrected chi connectivity index (χ0v) is 13.1. The molecule has 120 valence electrons. The zero-order chi connectivity index (χ0) is 16.5. The fourth-order valence-electron chi connectivity index (χ4n) is 2.75. The molecule has 1 N–H and O–H groups in total. The van der Waals surface area contributed by atoms with Crippen molar-refractivity contribution < 1.29 is 9.21 Å². The van der Waals surface area contributed by atoms with E-state index in [0.29, 0.717) is 23.5 Å². The Labute approximate surface area is 138 Å². The Bertz CT molecular complexity index is 995. The summed E-state index contributed by atoms with van der Waals surface area (Å²) in [4.78, 5) is 12.5. The highest BCUT2D eigenvalue weighted by Crippen LogP contribution is 2.20. The number of carbonyl (C=O) groups is 1. The van der Waals surface area contributed by atoms with E-state index in [2.05, 4.69) is 10.4 Å². The van der Waals surface area contributed by atoms with Gasteiger partial charge >= 0.3 is 0 Å². The molecular formula is C18H16N4O2. The van der Waals surface area contributed by atoms with Crippen molar-refractivity contribution >= 4 is 22.7 Å². The van der Waals surface area contributed by atoms with Crippen LogP contribution < -0.4 is 5.32 Å². The first-order valence-electron chi connectivity index (χ1n) is 7.61. The van der Waals surface area contributed by atoms with E-state index in [0.717, 1.165) is 11.1 Å². The number of furan rings is 1. The highest BCUT2D eigenvalue weighted by molar-refractivity contribution is 6.05. The van der Waals surface area contributed by atoms with Crippen LogP contribution in [0.2, 0.25) is 0 Å². The number of hydrogen-bond donors (Lipinski definition) is 1. The molecule has 3 aromatic heterocycles. The molecule has 0 saturated carbocycles. The van der Waals surface area contributed by atoms with Crippen molar-refractivity contribution in [3.8, 4) is 0 Å². The van der Waals surface area contributed by atoms with Gasteiger partial charge in [-0.15, -0.1) is 0 Å². The van der Waals surface area contributed by atoms with Crippen molar-refractivity contribution in [2.24, 2.45) is 7.05 Å². The van der Waals surface area contributed by atoms with Gasteiger partial charge in [0, 0.05) is 25.4 Å². The van der Waals surface area contributed by atoms with Crippen molar-refractivity contribution in [3.05, 3.63) is 72.4 Å². The molecule has 4 rings (SSSR count).